The number of halogens is 1. The quantitative estimate of drug-likeness (QED) is 0.873. The number of hydrogen-bond acceptors (Lipinski definition) is 2. The largest absolute Gasteiger partial charge is 0.358 e. The van der Waals surface area contributed by atoms with Crippen molar-refractivity contribution in [3.63, 3.8) is 0 Å². The van der Waals surface area contributed by atoms with Crippen molar-refractivity contribution in [2.45, 2.75) is 19.1 Å². The van der Waals surface area contributed by atoms with Crippen LogP contribution in [0.3, 0.4) is 0 Å². The van der Waals surface area contributed by atoms with Gasteiger partial charge in [-0.25, -0.2) is 4.79 Å². The number of nitrogens with zero attached hydrogens (tertiary/aromatic N) is 1. The average Bonchev–Trinajstić information content (AvgIpc) is 2.85. The number of hydrogen-bond donors (Lipinski definition) is 1. The minimum atomic E-state index is -0.115. The van der Waals surface area contributed by atoms with Crippen molar-refractivity contribution in [3.05, 3.63) is 33.2 Å². The Morgan fingerprint density at radius 1 is 1.50 bits per heavy atom. The van der Waals surface area contributed by atoms with Crippen LogP contribution in [0.1, 0.15) is 19.1 Å². The molecule has 1 N–H and O–H groups in total. The summed E-state index contributed by atoms with van der Waals surface area (Å²) in [5.74, 6) is 0. The number of rotatable bonds is 1. The second kappa shape index (κ2) is 3.75. The molecule has 2 aromatic rings. The fourth-order valence-electron chi connectivity index (χ4n) is 2.16. The van der Waals surface area contributed by atoms with Gasteiger partial charge in [0, 0.05) is 11.1 Å². The lowest BCUT2D eigenvalue weighted by molar-refractivity contribution is 0.0573. The van der Waals surface area contributed by atoms with E-state index in [1.165, 1.54) is 0 Å². The molecule has 0 radical (unpaired) electrons. The fraction of sp³-hybridized carbons (Fsp3) is 0.364. The Balaban J connectivity index is 2.27. The van der Waals surface area contributed by atoms with Gasteiger partial charge in [0.25, 0.3) is 0 Å². The third-order valence-corrected chi connectivity index (χ3v) is 3.56. The highest BCUT2D eigenvalue weighted by Gasteiger charge is 2.22. The lowest BCUT2D eigenvalue weighted by Gasteiger charge is -2.10. The summed E-state index contributed by atoms with van der Waals surface area (Å²) < 4.78 is 8.16. The molecule has 0 aliphatic carbocycles. The zero-order valence-electron chi connectivity index (χ0n) is 8.57. The minimum absolute atomic E-state index is 0.103. The monoisotopic (exact) mass is 282 g/mol. The summed E-state index contributed by atoms with van der Waals surface area (Å²) >= 11 is 3.43. The highest BCUT2D eigenvalue weighted by molar-refractivity contribution is 9.10. The van der Waals surface area contributed by atoms with Crippen LogP contribution in [0.25, 0.3) is 11.0 Å². The van der Waals surface area contributed by atoms with Crippen molar-refractivity contribution in [1.82, 2.24) is 9.55 Å². The first-order chi connectivity index (χ1) is 7.77. The van der Waals surface area contributed by atoms with Gasteiger partial charge in [0.05, 0.1) is 11.0 Å². The molecule has 2 heterocycles. The van der Waals surface area contributed by atoms with E-state index in [2.05, 4.69) is 20.9 Å². The van der Waals surface area contributed by atoms with Crippen LogP contribution in [-0.2, 0) is 4.74 Å². The first-order valence-electron chi connectivity index (χ1n) is 5.28. The second-order valence-electron chi connectivity index (χ2n) is 3.90. The lowest BCUT2D eigenvalue weighted by atomic mass is 10.3. The van der Waals surface area contributed by atoms with E-state index in [0.29, 0.717) is 0 Å². The number of imidazole rings is 1. The molecule has 1 aromatic carbocycles. The summed E-state index contributed by atoms with van der Waals surface area (Å²) in [4.78, 5) is 14.7. The smallest absolute Gasteiger partial charge is 0.328 e. The molecule has 1 unspecified atom stereocenters. The summed E-state index contributed by atoms with van der Waals surface area (Å²) in [6.45, 7) is 0.734. The second-order valence-corrected chi connectivity index (χ2v) is 4.76. The molecule has 0 saturated carbocycles. The van der Waals surface area contributed by atoms with Crippen LogP contribution in [-0.4, -0.2) is 16.2 Å². The summed E-state index contributed by atoms with van der Waals surface area (Å²) in [6.07, 6.45) is 1.80. The predicted octanol–water partition coefficient (Wildman–Crippen LogP) is 2.40. The highest BCUT2D eigenvalue weighted by atomic mass is 79.9. The molecule has 1 fully saturated rings. The molecular weight excluding hydrogens is 272 g/mol. The van der Waals surface area contributed by atoms with E-state index in [-0.39, 0.29) is 11.9 Å². The van der Waals surface area contributed by atoms with Crippen molar-refractivity contribution in [1.29, 1.82) is 0 Å². The van der Waals surface area contributed by atoms with E-state index >= 15 is 0 Å². The molecule has 16 heavy (non-hydrogen) atoms. The minimum Gasteiger partial charge on any atom is -0.358 e. The number of fused-ring (bicyclic) bond motifs is 1. The first-order valence-corrected chi connectivity index (χ1v) is 6.07. The van der Waals surface area contributed by atoms with Crippen LogP contribution in [0.2, 0.25) is 0 Å². The van der Waals surface area contributed by atoms with Crippen molar-refractivity contribution >= 4 is 27.0 Å². The summed E-state index contributed by atoms with van der Waals surface area (Å²) in [7, 11) is 0. The number of benzene rings is 1. The van der Waals surface area contributed by atoms with Gasteiger partial charge in [-0.15, -0.1) is 0 Å². The average molecular weight is 283 g/mol. The Morgan fingerprint density at radius 3 is 3.12 bits per heavy atom. The van der Waals surface area contributed by atoms with Crippen LogP contribution in [0.4, 0.5) is 0 Å². The highest BCUT2D eigenvalue weighted by Crippen LogP contribution is 2.27. The van der Waals surface area contributed by atoms with Gasteiger partial charge >= 0.3 is 5.69 Å². The number of aromatic amines is 1. The zero-order chi connectivity index (χ0) is 11.1. The maximum absolute atomic E-state index is 11.9. The van der Waals surface area contributed by atoms with Crippen molar-refractivity contribution in [2.75, 3.05) is 6.61 Å². The Morgan fingerprint density at radius 2 is 2.38 bits per heavy atom. The predicted molar refractivity (Wildman–Crippen MR) is 64.5 cm³/mol. The maximum atomic E-state index is 11.9. The maximum Gasteiger partial charge on any atom is 0.328 e. The molecule has 0 amide bonds. The van der Waals surface area contributed by atoms with E-state index < -0.39 is 0 Å². The third-order valence-electron chi connectivity index (χ3n) is 2.90. The van der Waals surface area contributed by atoms with E-state index in [4.69, 9.17) is 4.74 Å². The van der Waals surface area contributed by atoms with Gasteiger partial charge in [0.15, 0.2) is 0 Å². The van der Waals surface area contributed by atoms with Gasteiger partial charge in [-0.1, -0.05) is 6.07 Å². The van der Waals surface area contributed by atoms with E-state index in [0.717, 1.165) is 35.0 Å². The number of nitrogens with one attached hydrogen (secondary N) is 1. The standard InChI is InChI=1S/C11H11BrN2O2/c12-7-3-1-4-8-10(7)13-11(15)14(8)9-5-2-6-16-9/h1,3-4,9H,2,5-6H2,(H,13,15). The lowest BCUT2D eigenvalue weighted by Crippen LogP contribution is -2.21. The fourth-order valence-corrected chi connectivity index (χ4v) is 2.62. The van der Waals surface area contributed by atoms with Crippen molar-refractivity contribution < 1.29 is 4.74 Å². The van der Waals surface area contributed by atoms with Crippen LogP contribution < -0.4 is 5.69 Å². The number of H-pyrrole nitrogens is 1. The van der Waals surface area contributed by atoms with E-state index in [9.17, 15) is 4.79 Å². The molecule has 1 saturated heterocycles. The zero-order valence-corrected chi connectivity index (χ0v) is 10.2. The third kappa shape index (κ3) is 1.43. The van der Waals surface area contributed by atoms with Gasteiger partial charge in [-0.05, 0) is 40.9 Å². The SMILES string of the molecule is O=c1[nH]c2c(Br)cccc2n1C1CCCO1. The van der Waals surface area contributed by atoms with Crippen LogP contribution in [0, 0.1) is 0 Å². The Bertz CT molecular complexity index is 581. The molecule has 84 valence electrons. The molecule has 1 aromatic heterocycles. The molecule has 1 aliphatic rings. The topological polar surface area (TPSA) is 47.0 Å². The van der Waals surface area contributed by atoms with Crippen LogP contribution >= 0.6 is 15.9 Å². The molecular formula is C11H11BrN2O2. The van der Waals surface area contributed by atoms with Crippen molar-refractivity contribution in [2.24, 2.45) is 0 Å². The van der Waals surface area contributed by atoms with Crippen LogP contribution in [0.5, 0.6) is 0 Å². The van der Waals surface area contributed by atoms with Gasteiger partial charge in [-0.3, -0.25) is 4.57 Å². The number of ether oxygens (including phenoxy) is 1. The molecule has 0 bridgehead atoms. The first kappa shape index (κ1) is 10.1. The molecule has 4 nitrogen and oxygen atoms in total. The van der Waals surface area contributed by atoms with Gasteiger partial charge in [0.1, 0.15) is 6.23 Å². The summed E-state index contributed by atoms with van der Waals surface area (Å²) in [5.41, 5.74) is 1.63. The number of aromatic nitrogens is 2. The Labute approximate surface area is 100 Å². The van der Waals surface area contributed by atoms with Gasteiger partial charge in [0.2, 0.25) is 0 Å². The van der Waals surface area contributed by atoms with E-state index in [1.807, 2.05) is 18.2 Å². The molecule has 3 rings (SSSR count). The molecule has 0 spiro atoms. The molecule has 1 aliphatic heterocycles. The van der Waals surface area contributed by atoms with Gasteiger partial charge < -0.3 is 9.72 Å². The summed E-state index contributed by atoms with van der Waals surface area (Å²) in [6, 6.07) is 5.77. The molecule has 1 atom stereocenters. The summed E-state index contributed by atoms with van der Waals surface area (Å²) in [5, 5.41) is 0. The number of para-hydroxylation sites is 1. The molecule has 5 heteroatoms. The Kier molecular flexibility index (Phi) is 2.37. The van der Waals surface area contributed by atoms with E-state index in [1.54, 1.807) is 4.57 Å². The normalized spacial score (nSPS) is 20.7. The van der Waals surface area contributed by atoms with Gasteiger partial charge in [-0.2, -0.15) is 0 Å². The van der Waals surface area contributed by atoms with Crippen molar-refractivity contribution in [3.8, 4) is 0 Å². The Hall–Kier alpha value is -1.07. The van der Waals surface area contributed by atoms with Crippen LogP contribution in [0.15, 0.2) is 27.5 Å².